The van der Waals surface area contributed by atoms with Crippen LogP contribution in [0, 0.1) is 6.92 Å². The van der Waals surface area contributed by atoms with Gasteiger partial charge in [0.15, 0.2) is 0 Å². The number of hydrogen-bond donors (Lipinski definition) is 1. The first-order chi connectivity index (χ1) is 7.84. The summed E-state index contributed by atoms with van der Waals surface area (Å²) in [6.45, 7) is 5.48. The number of benzene rings is 1. The van der Waals surface area contributed by atoms with E-state index in [0.717, 1.165) is 5.56 Å². The summed E-state index contributed by atoms with van der Waals surface area (Å²) in [5.74, 6) is 0.245. The molecule has 0 spiro atoms. The van der Waals surface area contributed by atoms with Gasteiger partial charge in [0.05, 0.1) is 4.90 Å². The zero-order valence-corrected chi connectivity index (χ0v) is 11.9. The molecular formula is C12H18ClNO2S. The van der Waals surface area contributed by atoms with Crippen LogP contribution in [0.2, 0.25) is 0 Å². The summed E-state index contributed by atoms with van der Waals surface area (Å²) >= 11 is 5.82. The highest BCUT2D eigenvalue weighted by Gasteiger charge is 2.28. The van der Waals surface area contributed by atoms with Gasteiger partial charge in [0.2, 0.25) is 10.0 Å². The highest BCUT2D eigenvalue weighted by atomic mass is 35.5. The number of sulfonamides is 1. The summed E-state index contributed by atoms with van der Waals surface area (Å²) in [5, 5.41) is 0. The van der Waals surface area contributed by atoms with Gasteiger partial charge in [0.25, 0.3) is 0 Å². The van der Waals surface area contributed by atoms with Crippen molar-refractivity contribution < 1.29 is 8.42 Å². The second-order valence-electron chi connectivity index (χ2n) is 4.42. The van der Waals surface area contributed by atoms with Crippen LogP contribution in [0.3, 0.4) is 0 Å². The quantitative estimate of drug-likeness (QED) is 0.840. The molecule has 0 aliphatic heterocycles. The van der Waals surface area contributed by atoms with E-state index in [1.54, 1.807) is 32.0 Å². The van der Waals surface area contributed by atoms with Crippen molar-refractivity contribution in [2.75, 3.05) is 5.88 Å². The summed E-state index contributed by atoms with van der Waals surface area (Å²) < 4.78 is 27.1. The molecule has 0 saturated heterocycles. The Morgan fingerprint density at radius 2 is 1.94 bits per heavy atom. The lowest BCUT2D eigenvalue weighted by Crippen LogP contribution is -2.47. The van der Waals surface area contributed by atoms with Crippen molar-refractivity contribution in [1.29, 1.82) is 0 Å². The van der Waals surface area contributed by atoms with Gasteiger partial charge in [-0.05, 0) is 31.9 Å². The van der Waals surface area contributed by atoms with E-state index < -0.39 is 15.6 Å². The first-order valence-corrected chi connectivity index (χ1v) is 7.52. The van der Waals surface area contributed by atoms with Crippen LogP contribution in [-0.4, -0.2) is 19.8 Å². The van der Waals surface area contributed by atoms with Crippen molar-refractivity contribution in [1.82, 2.24) is 4.72 Å². The third-order valence-electron chi connectivity index (χ3n) is 2.84. The van der Waals surface area contributed by atoms with Crippen molar-refractivity contribution in [3.8, 4) is 0 Å². The maximum Gasteiger partial charge on any atom is 0.241 e. The molecule has 0 radical (unpaired) electrons. The van der Waals surface area contributed by atoms with Gasteiger partial charge in [-0.2, -0.15) is 0 Å². The molecule has 1 N–H and O–H groups in total. The Morgan fingerprint density at radius 3 is 2.41 bits per heavy atom. The molecule has 96 valence electrons. The smallest absolute Gasteiger partial charge is 0.207 e. The number of aryl methyl sites for hydroxylation is 1. The van der Waals surface area contributed by atoms with Gasteiger partial charge in [-0.3, -0.25) is 0 Å². The average Bonchev–Trinajstić information content (AvgIpc) is 2.28. The standard InChI is InChI=1S/C12H18ClNO2S/c1-4-12(3,9-13)14-17(15,16)11-8-6-5-7-10(11)2/h5-8,14H,4,9H2,1-3H3. The van der Waals surface area contributed by atoms with E-state index >= 15 is 0 Å². The van der Waals surface area contributed by atoms with Gasteiger partial charge >= 0.3 is 0 Å². The number of rotatable bonds is 5. The Hall–Kier alpha value is -0.580. The number of alkyl halides is 1. The van der Waals surface area contributed by atoms with E-state index in [1.165, 1.54) is 0 Å². The highest BCUT2D eigenvalue weighted by Crippen LogP contribution is 2.19. The van der Waals surface area contributed by atoms with Crippen LogP contribution in [0.25, 0.3) is 0 Å². The van der Waals surface area contributed by atoms with Crippen molar-refractivity contribution >= 4 is 21.6 Å². The fourth-order valence-electron chi connectivity index (χ4n) is 1.43. The second kappa shape index (κ2) is 5.38. The van der Waals surface area contributed by atoms with E-state index in [9.17, 15) is 8.42 Å². The fraction of sp³-hybridized carbons (Fsp3) is 0.500. The minimum atomic E-state index is -3.51. The maximum atomic E-state index is 12.2. The van der Waals surface area contributed by atoms with Crippen molar-refractivity contribution in [3.63, 3.8) is 0 Å². The molecular weight excluding hydrogens is 258 g/mol. The predicted molar refractivity (Wildman–Crippen MR) is 70.9 cm³/mol. The SMILES string of the molecule is CCC(C)(CCl)NS(=O)(=O)c1ccccc1C. The number of halogens is 1. The van der Waals surface area contributed by atoms with Gasteiger partial charge in [0, 0.05) is 11.4 Å². The molecule has 0 amide bonds. The summed E-state index contributed by atoms with van der Waals surface area (Å²) in [6.07, 6.45) is 0.640. The highest BCUT2D eigenvalue weighted by molar-refractivity contribution is 7.89. The number of nitrogens with one attached hydrogen (secondary N) is 1. The van der Waals surface area contributed by atoms with Crippen molar-refractivity contribution in [2.24, 2.45) is 0 Å². The van der Waals surface area contributed by atoms with E-state index in [2.05, 4.69) is 4.72 Å². The van der Waals surface area contributed by atoms with Crippen LogP contribution in [0.4, 0.5) is 0 Å². The first-order valence-electron chi connectivity index (χ1n) is 5.50. The molecule has 1 aromatic rings. The molecule has 0 saturated carbocycles. The molecule has 0 aliphatic rings. The van der Waals surface area contributed by atoms with Gasteiger partial charge in [-0.25, -0.2) is 13.1 Å². The predicted octanol–water partition coefficient (Wildman–Crippen LogP) is 2.68. The summed E-state index contributed by atoms with van der Waals surface area (Å²) in [5.41, 5.74) is 0.121. The second-order valence-corrected chi connectivity index (χ2v) is 6.34. The van der Waals surface area contributed by atoms with Crippen LogP contribution in [0.5, 0.6) is 0 Å². The lowest BCUT2D eigenvalue weighted by molar-refractivity contribution is 0.444. The summed E-state index contributed by atoms with van der Waals surface area (Å²) in [7, 11) is -3.51. The van der Waals surface area contributed by atoms with Crippen LogP contribution in [-0.2, 0) is 10.0 Å². The molecule has 0 aromatic heterocycles. The van der Waals surface area contributed by atoms with Crippen LogP contribution in [0.15, 0.2) is 29.2 Å². The van der Waals surface area contributed by atoms with Crippen molar-refractivity contribution in [3.05, 3.63) is 29.8 Å². The third-order valence-corrected chi connectivity index (χ3v) is 5.23. The van der Waals surface area contributed by atoms with E-state index in [0.29, 0.717) is 11.3 Å². The molecule has 1 rings (SSSR count). The Kier molecular flexibility index (Phi) is 4.58. The Labute approximate surface area is 108 Å². The topological polar surface area (TPSA) is 46.2 Å². The van der Waals surface area contributed by atoms with Gasteiger partial charge in [-0.1, -0.05) is 25.1 Å². The van der Waals surface area contributed by atoms with Gasteiger partial charge in [-0.15, -0.1) is 11.6 Å². The molecule has 1 atom stereocenters. The molecule has 0 heterocycles. The molecule has 0 bridgehead atoms. The maximum absolute atomic E-state index is 12.2. The zero-order chi connectivity index (χ0) is 13.1. The van der Waals surface area contributed by atoms with Crippen LogP contribution < -0.4 is 4.72 Å². The largest absolute Gasteiger partial charge is 0.241 e. The fourth-order valence-corrected chi connectivity index (χ4v) is 3.49. The molecule has 1 aromatic carbocycles. The van der Waals surface area contributed by atoms with E-state index in [-0.39, 0.29) is 5.88 Å². The molecule has 0 aliphatic carbocycles. The third kappa shape index (κ3) is 3.44. The molecule has 1 unspecified atom stereocenters. The lowest BCUT2D eigenvalue weighted by Gasteiger charge is -2.27. The Morgan fingerprint density at radius 1 is 1.35 bits per heavy atom. The van der Waals surface area contributed by atoms with E-state index in [1.807, 2.05) is 13.0 Å². The average molecular weight is 276 g/mol. The summed E-state index contributed by atoms with van der Waals surface area (Å²) in [6, 6.07) is 6.90. The van der Waals surface area contributed by atoms with Crippen LogP contribution in [0.1, 0.15) is 25.8 Å². The van der Waals surface area contributed by atoms with Gasteiger partial charge in [0.1, 0.15) is 0 Å². The minimum absolute atomic E-state index is 0.245. The minimum Gasteiger partial charge on any atom is -0.207 e. The lowest BCUT2D eigenvalue weighted by atomic mass is 10.0. The first kappa shape index (κ1) is 14.5. The molecule has 0 fully saturated rings. The number of hydrogen-bond acceptors (Lipinski definition) is 2. The molecule has 17 heavy (non-hydrogen) atoms. The Balaban J connectivity index is 3.10. The monoisotopic (exact) mass is 275 g/mol. The normalized spacial score (nSPS) is 15.5. The zero-order valence-electron chi connectivity index (χ0n) is 10.3. The molecule has 3 nitrogen and oxygen atoms in total. The Bertz CT molecular complexity index is 481. The van der Waals surface area contributed by atoms with Crippen molar-refractivity contribution in [2.45, 2.75) is 37.6 Å². The van der Waals surface area contributed by atoms with Crippen LogP contribution >= 0.6 is 11.6 Å². The van der Waals surface area contributed by atoms with E-state index in [4.69, 9.17) is 11.6 Å². The van der Waals surface area contributed by atoms with Gasteiger partial charge < -0.3 is 0 Å². The summed E-state index contributed by atoms with van der Waals surface area (Å²) in [4.78, 5) is 0.310. The molecule has 5 heteroatoms.